The average Bonchev–Trinajstić information content (AvgIpc) is 3.42. The van der Waals surface area contributed by atoms with Gasteiger partial charge in [-0.3, -0.25) is 9.36 Å². The van der Waals surface area contributed by atoms with Crippen LogP contribution in [0, 0.1) is 11.8 Å². The van der Waals surface area contributed by atoms with Gasteiger partial charge in [0.15, 0.2) is 23.4 Å². The number of carboxylic acid groups (broad SMARTS) is 1. The molecule has 3 rings (SSSR count). The molecule has 1 amide bonds. The van der Waals surface area contributed by atoms with Crippen molar-refractivity contribution in [1.29, 1.82) is 0 Å². The molecule has 1 unspecified atom stereocenters. The van der Waals surface area contributed by atoms with Crippen LogP contribution in [-0.2, 0) is 25.2 Å². The fourth-order valence-corrected chi connectivity index (χ4v) is 5.78. The standard InChI is InChI=1S/C22H32N8O6S/c23-6-3-4-15(31)26-7-1-2-8-37(9-5-13(24)22(34)35)10-14-17(32)18(33)21(36-14)30-12-29-16-19(25)27-11-28-20(16)30/h11-14,17-18,21,32-33H,3-10,23-24H2,(H3-,25,26,27,28,31,34,35)/t13-,14+,17+,18+,21+,37?/m0/s1. The van der Waals surface area contributed by atoms with Gasteiger partial charge in [-0.1, -0.05) is 5.92 Å². The first-order valence-corrected chi connectivity index (χ1v) is 13.4. The van der Waals surface area contributed by atoms with E-state index in [0.717, 1.165) is 0 Å². The molecular formula is C22H32N8O6S. The number of carbonyl (C=O) groups excluding carboxylic acids is 2. The van der Waals surface area contributed by atoms with Gasteiger partial charge in [0.25, 0.3) is 0 Å². The van der Waals surface area contributed by atoms with Crippen molar-refractivity contribution in [2.24, 2.45) is 11.5 Å². The smallest absolute Gasteiger partial charge is 0.220 e. The van der Waals surface area contributed by atoms with Crippen LogP contribution in [0.1, 0.15) is 25.5 Å². The first-order valence-electron chi connectivity index (χ1n) is 11.7. The minimum absolute atomic E-state index is 0.139. The second-order valence-corrected chi connectivity index (χ2v) is 10.7. The zero-order chi connectivity index (χ0) is 26.9. The number of aliphatic hydroxyl groups excluding tert-OH is 2. The number of anilines is 1. The Labute approximate surface area is 216 Å². The molecule has 0 radical (unpaired) electrons. The maximum atomic E-state index is 11.7. The summed E-state index contributed by atoms with van der Waals surface area (Å²) < 4.78 is 7.50. The topological polar surface area (TPSA) is 241 Å². The molecule has 1 fully saturated rings. The minimum Gasteiger partial charge on any atom is -0.548 e. The molecule has 1 aliphatic rings. The molecule has 37 heavy (non-hydrogen) atoms. The van der Waals surface area contributed by atoms with Crippen molar-refractivity contribution >= 4 is 39.8 Å². The van der Waals surface area contributed by atoms with Gasteiger partial charge in [-0.05, 0) is 18.9 Å². The Balaban J connectivity index is 1.66. The third-order valence-electron chi connectivity index (χ3n) is 5.80. The molecule has 2 aromatic rings. The van der Waals surface area contributed by atoms with Crippen molar-refractivity contribution in [3.63, 3.8) is 0 Å². The molecule has 0 bridgehead atoms. The van der Waals surface area contributed by atoms with Crippen LogP contribution in [0.5, 0.6) is 0 Å². The number of nitrogens with zero attached hydrogens (tertiary/aromatic N) is 4. The van der Waals surface area contributed by atoms with Gasteiger partial charge < -0.3 is 47.4 Å². The van der Waals surface area contributed by atoms with Crippen LogP contribution in [0.25, 0.3) is 11.2 Å². The van der Waals surface area contributed by atoms with Crippen molar-refractivity contribution in [1.82, 2.24) is 24.8 Å². The quantitative estimate of drug-likeness (QED) is 0.112. The van der Waals surface area contributed by atoms with Gasteiger partial charge in [0, 0.05) is 29.8 Å². The van der Waals surface area contributed by atoms with E-state index >= 15 is 0 Å². The molecule has 14 nitrogen and oxygen atoms in total. The van der Waals surface area contributed by atoms with E-state index < -0.39 is 47.4 Å². The highest BCUT2D eigenvalue weighted by Crippen LogP contribution is 2.33. The largest absolute Gasteiger partial charge is 0.548 e. The van der Waals surface area contributed by atoms with Crippen LogP contribution in [0.2, 0.25) is 0 Å². The number of aliphatic hydroxyl groups is 2. The van der Waals surface area contributed by atoms with E-state index in [-0.39, 0.29) is 24.7 Å². The van der Waals surface area contributed by atoms with Crippen LogP contribution < -0.4 is 27.6 Å². The van der Waals surface area contributed by atoms with Crippen LogP contribution in [-0.4, -0.2) is 96.3 Å². The third-order valence-corrected chi connectivity index (χ3v) is 7.97. The molecule has 0 spiro atoms. The Morgan fingerprint density at radius 3 is 2.78 bits per heavy atom. The van der Waals surface area contributed by atoms with Crippen LogP contribution >= 0.6 is 0 Å². The number of hydrogen-bond acceptors (Lipinski definition) is 12. The Kier molecular flexibility index (Phi) is 10.4. The van der Waals surface area contributed by atoms with Crippen LogP contribution in [0.3, 0.4) is 0 Å². The summed E-state index contributed by atoms with van der Waals surface area (Å²) in [5, 5.41) is 35.2. The summed E-state index contributed by atoms with van der Waals surface area (Å²) in [6.07, 6.45) is -0.484. The predicted molar refractivity (Wildman–Crippen MR) is 134 cm³/mol. The highest BCUT2D eigenvalue weighted by molar-refractivity contribution is 7.97. The highest BCUT2D eigenvalue weighted by Gasteiger charge is 2.47. The molecule has 9 N–H and O–H groups in total. The highest BCUT2D eigenvalue weighted by atomic mass is 32.2. The lowest BCUT2D eigenvalue weighted by Crippen LogP contribution is -2.43. The van der Waals surface area contributed by atoms with Gasteiger partial charge in [0.2, 0.25) is 5.91 Å². The zero-order valence-corrected chi connectivity index (χ0v) is 21.0. The van der Waals surface area contributed by atoms with E-state index in [1.54, 1.807) is 0 Å². The predicted octanol–water partition coefficient (Wildman–Crippen LogP) is -4.03. The number of aliphatic carboxylic acids is 1. The fourth-order valence-electron chi connectivity index (χ4n) is 3.72. The molecule has 0 saturated carbocycles. The van der Waals surface area contributed by atoms with Crippen molar-refractivity contribution < 1.29 is 29.6 Å². The van der Waals surface area contributed by atoms with Crippen molar-refractivity contribution in [2.75, 3.05) is 36.1 Å². The molecular weight excluding hydrogens is 504 g/mol. The van der Waals surface area contributed by atoms with E-state index in [0.29, 0.717) is 47.8 Å². The number of ether oxygens (including phenoxy) is 1. The number of rotatable bonds is 12. The second kappa shape index (κ2) is 13.5. The number of amides is 1. The average molecular weight is 537 g/mol. The first kappa shape index (κ1) is 28.6. The number of carboxylic acids is 1. The number of aromatic nitrogens is 4. The number of nitrogens with one attached hydrogen (secondary N) is 1. The minimum atomic E-state index is -1.35. The molecule has 1 aliphatic heterocycles. The maximum absolute atomic E-state index is 11.7. The van der Waals surface area contributed by atoms with Crippen molar-refractivity contribution in [3.05, 3.63) is 12.7 Å². The first-order chi connectivity index (χ1) is 17.7. The molecule has 1 saturated heterocycles. The van der Waals surface area contributed by atoms with E-state index in [1.165, 1.54) is 17.2 Å². The summed E-state index contributed by atoms with van der Waals surface area (Å²) >= 11 is 0. The van der Waals surface area contributed by atoms with Gasteiger partial charge in [0.05, 0.1) is 18.8 Å². The zero-order valence-electron chi connectivity index (χ0n) is 20.2. The van der Waals surface area contributed by atoms with E-state index in [4.69, 9.17) is 21.9 Å². The molecule has 15 heteroatoms. The summed E-state index contributed by atoms with van der Waals surface area (Å²) in [5.41, 5.74) is 17.5. The number of fused-ring (bicyclic) bond motifs is 1. The van der Waals surface area contributed by atoms with Gasteiger partial charge in [-0.15, -0.1) is 0 Å². The number of nitrogens with two attached hydrogens (primary N) is 3. The number of carbonyl (C=O) groups is 2. The summed E-state index contributed by atoms with van der Waals surface area (Å²) in [5.74, 6) is 5.62. The molecule has 3 heterocycles. The third kappa shape index (κ3) is 7.51. The Morgan fingerprint density at radius 2 is 2.05 bits per heavy atom. The lowest BCUT2D eigenvalue weighted by Gasteiger charge is -2.17. The van der Waals surface area contributed by atoms with E-state index in [2.05, 4.69) is 32.1 Å². The molecule has 0 aliphatic carbocycles. The van der Waals surface area contributed by atoms with Crippen LogP contribution in [0.4, 0.5) is 5.82 Å². The van der Waals surface area contributed by atoms with E-state index in [1.807, 2.05) is 0 Å². The normalized spacial score (nSPS) is 22.8. The van der Waals surface area contributed by atoms with Gasteiger partial charge >= 0.3 is 0 Å². The van der Waals surface area contributed by atoms with Crippen molar-refractivity contribution in [2.45, 2.75) is 49.8 Å². The maximum Gasteiger partial charge on any atom is 0.220 e. The summed E-state index contributed by atoms with van der Waals surface area (Å²) in [4.78, 5) is 34.9. The molecule has 202 valence electrons. The van der Waals surface area contributed by atoms with Crippen molar-refractivity contribution in [3.8, 4) is 11.8 Å². The van der Waals surface area contributed by atoms with E-state index in [9.17, 15) is 24.9 Å². The van der Waals surface area contributed by atoms with Gasteiger partial charge in [-0.2, -0.15) is 0 Å². The number of hydrogen-bond donors (Lipinski definition) is 6. The Morgan fingerprint density at radius 1 is 1.27 bits per heavy atom. The van der Waals surface area contributed by atoms with Gasteiger partial charge in [0.1, 0.15) is 41.7 Å². The lowest BCUT2D eigenvalue weighted by atomic mass is 10.1. The second-order valence-electron chi connectivity index (χ2n) is 8.49. The number of imidazole rings is 1. The summed E-state index contributed by atoms with van der Waals surface area (Å²) in [6, 6.07) is -1.14. The molecule has 2 aromatic heterocycles. The molecule has 0 aromatic carbocycles. The lowest BCUT2D eigenvalue weighted by molar-refractivity contribution is -0.307. The SMILES string of the molecule is NCCCC(=O)NCC#CC[S+](CC[C@H](N)C(=O)[O-])C[C@H]1O[C@@H](n2cnc3c(N)ncnc32)[C@H](O)[C@@H]1O. The monoisotopic (exact) mass is 536 g/mol. The van der Waals surface area contributed by atoms with Crippen LogP contribution in [0.15, 0.2) is 12.7 Å². The summed E-state index contributed by atoms with van der Waals surface area (Å²) in [7, 11) is -0.539. The Bertz CT molecular complexity index is 1140. The summed E-state index contributed by atoms with van der Waals surface area (Å²) in [6.45, 7) is 0.598. The number of nitrogen functional groups attached to an aromatic ring is 1. The van der Waals surface area contributed by atoms with Gasteiger partial charge in [-0.25, -0.2) is 15.0 Å². The fraction of sp³-hybridized carbons (Fsp3) is 0.591. The Hall–Kier alpha value is -3.00. The molecule has 6 atom stereocenters.